The molecule has 1 fully saturated rings. The highest BCUT2D eigenvalue weighted by atomic mass is 35.5. The number of carbonyl (C=O) groups is 1. The number of methoxy groups -OCH3 is 1. The van der Waals surface area contributed by atoms with Gasteiger partial charge in [-0.3, -0.25) is 4.79 Å². The predicted molar refractivity (Wildman–Crippen MR) is 82.6 cm³/mol. The molecule has 5 heteroatoms. The number of amides is 1. The smallest absolute Gasteiger partial charge is 0.227 e. The predicted octanol–water partition coefficient (Wildman–Crippen LogP) is 1.87. The number of halogens is 1. The quantitative estimate of drug-likeness (QED) is 0.923. The Morgan fingerprint density at radius 1 is 1.50 bits per heavy atom. The van der Waals surface area contributed by atoms with E-state index in [1.807, 2.05) is 36.2 Å². The lowest BCUT2D eigenvalue weighted by Gasteiger charge is -2.32. The first-order chi connectivity index (χ1) is 9.22. The summed E-state index contributed by atoms with van der Waals surface area (Å²) in [6.45, 7) is 1.69. The monoisotopic (exact) mass is 298 g/mol. The maximum absolute atomic E-state index is 12.3. The first-order valence-corrected chi connectivity index (χ1v) is 6.81. The fourth-order valence-corrected chi connectivity index (χ4v) is 2.51. The second-order valence-electron chi connectivity index (χ2n) is 5.00. The van der Waals surface area contributed by atoms with E-state index < -0.39 is 0 Å². The van der Waals surface area contributed by atoms with Crippen molar-refractivity contribution in [2.75, 3.05) is 27.2 Å². The number of piperidine rings is 1. The van der Waals surface area contributed by atoms with E-state index in [4.69, 9.17) is 4.74 Å². The summed E-state index contributed by atoms with van der Waals surface area (Å²) in [6.07, 6.45) is 2.68. The van der Waals surface area contributed by atoms with Gasteiger partial charge in [-0.15, -0.1) is 12.4 Å². The van der Waals surface area contributed by atoms with E-state index in [0.29, 0.717) is 12.5 Å². The van der Waals surface area contributed by atoms with E-state index in [1.54, 1.807) is 7.11 Å². The van der Waals surface area contributed by atoms with Gasteiger partial charge in [-0.25, -0.2) is 0 Å². The highest BCUT2D eigenvalue weighted by Crippen LogP contribution is 2.15. The highest BCUT2D eigenvalue weighted by Gasteiger charge is 2.22. The fraction of sp³-hybridized carbons (Fsp3) is 0.533. The lowest BCUT2D eigenvalue weighted by atomic mass is 10.0. The standard InChI is InChI=1S/C15H22N2O2.ClH/c1-16-13-6-4-8-17(11-13)15(18)10-12-5-3-7-14(9-12)19-2;/h3,5,7,9,13,16H,4,6,8,10-11H2,1-2H3;1H. The molecule has 0 bridgehead atoms. The van der Waals surface area contributed by atoms with Crippen molar-refractivity contribution in [2.45, 2.75) is 25.3 Å². The number of likely N-dealkylation sites (N-methyl/N-ethyl adjacent to an activating group) is 1. The lowest BCUT2D eigenvalue weighted by molar-refractivity contribution is -0.131. The van der Waals surface area contributed by atoms with Crippen LogP contribution in [0.1, 0.15) is 18.4 Å². The van der Waals surface area contributed by atoms with Crippen molar-refractivity contribution in [2.24, 2.45) is 0 Å². The second-order valence-corrected chi connectivity index (χ2v) is 5.00. The molecule has 1 amide bonds. The zero-order valence-corrected chi connectivity index (χ0v) is 12.9. The minimum absolute atomic E-state index is 0. The zero-order valence-electron chi connectivity index (χ0n) is 12.1. The molecule has 1 saturated heterocycles. The third-order valence-electron chi connectivity index (χ3n) is 3.67. The van der Waals surface area contributed by atoms with Crippen molar-refractivity contribution in [3.05, 3.63) is 29.8 Å². The van der Waals surface area contributed by atoms with Crippen LogP contribution < -0.4 is 10.1 Å². The molecule has 0 radical (unpaired) electrons. The maximum atomic E-state index is 12.3. The topological polar surface area (TPSA) is 41.6 Å². The molecule has 1 heterocycles. The van der Waals surface area contributed by atoms with Crippen LogP contribution in [0.4, 0.5) is 0 Å². The van der Waals surface area contributed by atoms with E-state index in [1.165, 1.54) is 0 Å². The Hall–Kier alpha value is -1.26. The van der Waals surface area contributed by atoms with Crippen molar-refractivity contribution in [3.8, 4) is 5.75 Å². The molecule has 1 aliphatic rings. The summed E-state index contributed by atoms with van der Waals surface area (Å²) in [6, 6.07) is 8.15. The van der Waals surface area contributed by atoms with Gasteiger partial charge in [0.1, 0.15) is 5.75 Å². The van der Waals surface area contributed by atoms with Gasteiger partial charge < -0.3 is 15.0 Å². The number of hydrogen-bond acceptors (Lipinski definition) is 3. The molecule has 1 aliphatic heterocycles. The Labute approximate surface area is 126 Å². The number of carbonyl (C=O) groups excluding carboxylic acids is 1. The largest absolute Gasteiger partial charge is 0.497 e. The van der Waals surface area contributed by atoms with Crippen LogP contribution in [0.5, 0.6) is 5.75 Å². The number of likely N-dealkylation sites (tertiary alicyclic amines) is 1. The summed E-state index contributed by atoms with van der Waals surface area (Å²) in [5.74, 6) is 1.00. The summed E-state index contributed by atoms with van der Waals surface area (Å²) in [7, 11) is 3.60. The van der Waals surface area contributed by atoms with Gasteiger partial charge in [-0.05, 0) is 37.6 Å². The molecule has 1 aromatic rings. The van der Waals surface area contributed by atoms with E-state index >= 15 is 0 Å². The number of nitrogens with zero attached hydrogens (tertiary/aromatic N) is 1. The molecular formula is C15H23ClN2O2. The van der Waals surface area contributed by atoms with Crippen LogP contribution in [-0.2, 0) is 11.2 Å². The minimum atomic E-state index is 0. The van der Waals surface area contributed by atoms with Crippen LogP contribution in [-0.4, -0.2) is 44.1 Å². The van der Waals surface area contributed by atoms with Gasteiger partial charge in [0.2, 0.25) is 5.91 Å². The SMILES string of the molecule is CNC1CCCN(C(=O)Cc2cccc(OC)c2)C1.Cl. The Balaban J connectivity index is 0.00000200. The van der Waals surface area contributed by atoms with Crippen LogP contribution in [0.15, 0.2) is 24.3 Å². The van der Waals surface area contributed by atoms with E-state index in [0.717, 1.165) is 37.2 Å². The summed E-state index contributed by atoms with van der Waals surface area (Å²) in [5.41, 5.74) is 1.01. The summed E-state index contributed by atoms with van der Waals surface area (Å²) >= 11 is 0. The van der Waals surface area contributed by atoms with Gasteiger partial charge in [-0.2, -0.15) is 0 Å². The Morgan fingerprint density at radius 2 is 2.30 bits per heavy atom. The van der Waals surface area contributed by atoms with Gasteiger partial charge in [0.25, 0.3) is 0 Å². The van der Waals surface area contributed by atoms with E-state index in [9.17, 15) is 4.79 Å². The molecule has 0 spiro atoms. The number of ether oxygens (including phenoxy) is 1. The first kappa shape index (κ1) is 16.8. The van der Waals surface area contributed by atoms with Crippen LogP contribution >= 0.6 is 12.4 Å². The average molecular weight is 299 g/mol. The van der Waals surface area contributed by atoms with Crippen molar-refractivity contribution in [1.82, 2.24) is 10.2 Å². The highest BCUT2D eigenvalue weighted by molar-refractivity contribution is 5.85. The minimum Gasteiger partial charge on any atom is -0.497 e. The van der Waals surface area contributed by atoms with E-state index in [2.05, 4.69) is 5.32 Å². The van der Waals surface area contributed by atoms with Gasteiger partial charge >= 0.3 is 0 Å². The summed E-state index contributed by atoms with van der Waals surface area (Å²) in [4.78, 5) is 14.2. The molecular weight excluding hydrogens is 276 g/mol. The normalized spacial score (nSPS) is 18.3. The first-order valence-electron chi connectivity index (χ1n) is 6.81. The molecule has 1 N–H and O–H groups in total. The third-order valence-corrected chi connectivity index (χ3v) is 3.67. The molecule has 1 unspecified atom stereocenters. The molecule has 4 nitrogen and oxygen atoms in total. The van der Waals surface area contributed by atoms with Crippen LogP contribution in [0.25, 0.3) is 0 Å². The molecule has 1 aromatic carbocycles. The molecule has 2 rings (SSSR count). The van der Waals surface area contributed by atoms with Crippen molar-refractivity contribution < 1.29 is 9.53 Å². The van der Waals surface area contributed by atoms with Crippen molar-refractivity contribution >= 4 is 18.3 Å². The van der Waals surface area contributed by atoms with E-state index in [-0.39, 0.29) is 18.3 Å². The van der Waals surface area contributed by atoms with Crippen LogP contribution in [0.3, 0.4) is 0 Å². The maximum Gasteiger partial charge on any atom is 0.227 e. The van der Waals surface area contributed by atoms with Crippen molar-refractivity contribution in [1.29, 1.82) is 0 Å². The number of benzene rings is 1. The molecule has 20 heavy (non-hydrogen) atoms. The summed E-state index contributed by atoms with van der Waals surface area (Å²) < 4.78 is 5.18. The molecule has 0 aromatic heterocycles. The van der Waals surface area contributed by atoms with Crippen LogP contribution in [0.2, 0.25) is 0 Å². The molecule has 0 saturated carbocycles. The van der Waals surface area contributed by atoms with Gasteiger partial charge in [0.05, 0.1) is 13.5 Å². The lowest BCUT2D eigenvalue weighted by Crippen LogP contribution is -2.47. The van der Waals surface area contributed by atoms with Crippen molar-refractivity contribution in [3.63, 3.8) is 0 Å². The second kappa shape index (κ2) is 8.12. The zero-order chi connectivity index (χ0) is 13.7. The fourth-order valence-electron chi connectivity index (χ4n) is 2.51. The Bertz CT molecular complexity index is 440. The number of rotatable bonds is 4. The molecule has 112 valence electrons. The van der Waals surface area contributed by atoms with Gasteiger partial charge in [0.15, 0.2) is 0 Å². The number of nitrogens with one attached hydrogen (secondary N) is 1. The van der Waals surface area contributed by atoms with Gasteiger partial charge in [-0.1, -0.05) is 12.1 Å². The molecule has 1 atom stereocenters. The Morgan fingerprint density at radius 3 is 3.00 bits per heavy atom. The van der Waals surface area contributed by atoms with Gasteiger partial charge in [0, 0.05) is 19.1 Å². The number of hydrogen-bond donors (Lipinski definition) is 1. The molecule has 0 aliphatic carbocycles. The van der Waals surface area contributed by atoms with Crippen LogP contribution in [0, 0.1) is 0 Å². The third kappa shape index (κ3) is 4.39. The summed E-state index contributed by atoms with van der Waals surface area (Å²) in [5, 5.41) is 3.26. The average Bonchev–Trinajstić information content (AvgIpc) is 2.47. The Kier molecular flexibility index (Phi) is 6.82.